The largest absolute Gasteiger partial charge is 0.573 e. The van der Waals surface area contributed by atoms with Crippen molar-refractivity contribution in [1.82, 2.24) is 10.2 Å². The zero-order valence-electron chi connectivity index (χ0n) is 16.0. The van der Waals surface area contributed by atoms with E-state index in [1.807, 2.05) is 6.07 Å². The van der Waals surface area contributed by atoms with Crippen LogP contribution in [0, 0.1) is 5.92 Å². The molecule has 160 valence electrons. The maximum Gasteiger partial charge on any atom is 0.573 e. The summed E-state index contributed by atoms with van der Waals surface area (Å²) in [6, 6.07) is 13.6. The molecule has 0 radical (unpaired) electrons. The lowest BCUT2D eigenvalue weighted by molar-refractivity contribution is -0.274. The van der Waals surface area contributed by atoms with Crippen LogP contribution in [-0.2, 0) is 0 Å². The number of para-hydroxylation sites is 1. The predicted octanol–water partition coefficient (Wildman–Crippen LogP) is 4.23. The van der Waals surface area contributed by atoms with E-state index in [1.54, 1.807) is 29.2 Å². The minimum absolute atomic E-state index is 0.197. The van der Waals surface area contributed by atoms with E-state index in [4.69, 9.17) is 4.74 Å². The van der Waals surface area contributed by atoms with Gasteiger partial charge in [-0.1, -0.05) is 18.2 Å². The predicted molar refractivity (Wildman–Crippen MR) is 102 cm³/mol. The first-order valence-corrected chi connectivity index (χ1v) is 9.46. The summed E-state index contributed by atoms with van der Waals surface area (Å²) in [5.41, 5.74) is 0.244. The van der Waals surface area contributed by atoms with Gasteiger partial charge < -0.3 is 19.7 Å². The Morgan fingerprint density at radius 3 is 2.20 bits per heavy atom. The van der Waals surface area contributed by atoms with Gasteiger partial charge in [-0.3, -0.25) is 4.79 Å². The molecule has 3 rings (SSSR count). The van der Waals surface area contributed by atoms with Crippen LogP contribution in [-0.4, -0.2) is 42.9 Å². The van der Waals surface area contributed by atoms with Crippen molar-refractivity contribution in [3.8, 4) is 11.5 Å². The Labute approximate surface area is 171 Å². The second-order valence-electron chi connectivity index (χ2n) is 6.89. The van der Waals surface area contributed by atoms with Crippen LogP contribution in [0.15, 0.2) is 54.6 Å². The maximum atomic E-state index is 12.2. The lowest BCUT2D eigenvalue weighted by Crippen LogP contribution is -2.42. The molecular weight excluding hydrogens is 401 g/mol. The standard InChI is InChI=1S/C21H21F3N2O4/c22-21(23,24)30-18-8-6-16(7-9-18)19(27)25-14-15-10-12-26(13-11-15)20(28)29-17-4-2-1-3-5-17/h1-9,15H,10-14H2,(H,25,27). The van der Waals surface area contributed by atoms with Gasteiger partial charge in [-0.2, -0.15) is 0 Å². The molecule has 1 saturated heterocycles. The zero-order chi connectivity index (χ0) is 21.6. The molecule has 30 heavy (non-hydrogen) atoms. The van der Waals surface area contributed by atoms with Crippen molar-refractivity contribution in [1.29, 1.82) is 0 Å². The number of halogens is 3. The minimum atomic E-state index is -4.77. The molecular formula is C21H21F3N2O4. The van der Waals surface area contributed by atoms with Crippen molar-refractivity contribution < 1.29 is 32.2 Å². The Balaban J connectivity index is 1.41. The van der Waals surface area contributed by atoms with Crippen molar-refractivity contribution in [2.75, 3.05) is 19.6 Å². The molecule has 1 aliphatic heterocycles. The minimum Gasteiger partial charge on any atom is -0.410 e. The third-order valence-corrected chi connectivity index (χ3v) is 4.72. The van der Waals surface area contributed by atoms with E-state index in [-0.39, 0.29) is 23.1 Å². The van der Waals surface area contributed by atoms with Crippen molar-refractivity contribution >= 4 is 12.0 Å². The number of likely N-dealkylation sites (tertiary alicyclic amines) is 1. The lowest BCUT2D eigenvalue weighted by Gasteiger charge is -2.31. The molecule has 2 aromatic carbocycles. The van der Waals surface area contributed by atoms with Gasteiger partial charge >= 0.3 is 12.5 Å². The van der Waals surface area contributed by atoms with E-state index in [2.05, 4.69) is 10.1 Å². The molecule has 1 fully saturated rings. The Morgan fingerprint density at radius 2 is 1.60 bits per heavy atom. The van der Waals surface area contributed by atoms with E-state index < -0.39 is 12.5 Å². The Kier molecular flexibility index (Phi) is 6.81. The molecule has 0 unspecified atom stereocenters. The first kappa shape index (κ1) is 21.5. The zero-order valence-corrected chi connectivity index (χ0v) is 16.0. The van der Waals surface area contributed by atoms with E-state index in [0.717, 1.165) is 12.1 Å². The third kappa shape index (κ3) is 6.40. The highest BCUT2D eigenvalue weighted by atomic mass is 19.4. The summed E-state index contributed by atoms with van der Waals surface area (Å²) in [6.07, 6.45) is -3.75. The highest BCUT2D eigenvalue weighted by Gasteiger charge is 2.31. The average Bonchev–Trinajstić information content (AvgIpc) is 2.72. The second kappa shape index (κ2) is 9.51. The quantitative estimate of drug-likeness (QED) is 0.783. The number of alkyl halides is 3. The van der Waals surface area contributed by atoms with Crippen molar-refractivity contribution in [3.05, 3.63) is 60.2 Å². The fraction of sp³-hybridized carbons (Fsp3) is 0.333. The van der Waals surface area contributed by atoms with Crippen LogP contribution >= 0.6 is 0 Å². The maximum absolute atomic E-state index is 12.2. The van der Waals surface area contributed by atoms with E-state index in [1.165, 1.54) is 12.1 Å². The van der Waals surface area contributed by atoms with Crippen LogP contribution in [0.1, 0.15) is 23.2 Å². The lowest BCUT2D eigenvalue weighted by atomic mass is 9.97. The molecule has 1 N–H and O–H groups in total. The van der Waals surface area contributed by atoms with Gasteiger partial charge in [0.05, 0.1) is 0 Å². The number of rotatable bonds is 5. The topological polar surface area (TPSA) is 67.9 Å². The molecule has 1 aliphatic rings. The molecule has 0 bridgehead atoms. The van der Waals surface area contributed by atoms with Gasteiger partial charge in [0.1, 0.15) is 11.5 Å². The van der Waals surface area contributed by atoms with E-state index in [0.29, 0.717) is 38.2 Å². The highest BCUT2D eigenvalue weighted by Crippen LogP contribution is 2.23. The summed E-state index contributed by atoms with van der Waals surface area (Å²) in [4.78, 5) is 26.0. The summed E-state index contributed by atoms with van der Waals surface area (Å²) in [5.74, 6) is -0.0700. The van der Waals surface area contributed by atoms with Crippen LogP contribution in [0.5, 0.6) is 11.5 Å². The Hall–Kier alpha value is -3.23. The summed E-state index contributed by atoms with van der Waals surface area (Å²) < 4.78 is 45.6. The van der Waals surface area contributed by atoms with Gasteiger partial charge in [0.15, 0.2) is 0 Å². The first-order valence-electron chi connectivity index (χ1n) is 9.46. The van der Waals surface area contributed by atoms with E-state index in [9.17, 15) is 22.8 Å². The molecule has 0 aliphatic carbocycles. The van der Waals surface area contributed by atoms with Crippen molar-refractivity contribution in [3.63, 3.8) is 0 Å². The Morgan fingerprint density at radius 1 is 0.967 bits per heavy atom. The number of hydrogen-bond acceptors (Lipinski definition) is 4. The molecule has 6 nitrogen and oxygen atoms in total. The number of benzene rings is 2. The molecule has 2 aromatic rings. The SMILES string of the molecule is O=C(NCC1CCN(C(=O)Oc2ccccc2)CC1)c1ccc(OC(F)(F)F)cc1. The third-order valence-electron chi connectivity index (χ3n) is 4.72. The average molecular weight is 422 g/mol. The molecule has 1 heterocycles. The number of ether oxygens (including phenoxy) is 2. The number of piperidine rings is 1. The van der Waals surface area contributed by atoms with Gasteiger partial charge in [0, 0.05) is 25.2 Å². The van der Waals surface area contributed by atoms with Gasteiger partial charge in [-0.25, -0.2) is 4.79 Å². The number of nitrogens with one attached hydrogen (secondary N) is 1. The van der Waals surface area contributed by atoms with Crippen LogP contribution in [0.4, 0.5) is 18.0 Å². The van der Waals surface area contributed by atoms with Gasteiger partial charge in [-0.05, 0) is 55.2 Å². The van der Waals surface area contributed by atoms with E-state index >= 15 is 0 Å². The summed E-state index contributed by atoms with van der Waals surface area (Å²) in [7, 11) is 0. The smallest absolute Gasteiger partial charge is 0.410 e. The number of carbonyl (C=O) groups is 2. The normalized spacial score (nSPS) is 14.8. The van der Waals surface area contributed by atoms with Crippen molar-refractivity contribution in [2.24, 2.45) is 5.92 Å². The van der Waals surface area contributed by atoms with Gasteiger partial charge in [0.25, 0.3) is 5.91 Å². The summed E-state index contributed by atoms with van der Waals surface area (Å²) >= 11 is 0. The molecule has 9 heteroatoms. The molecule has 0 atom stereocenters. The van der Waals surface area contributed by atoms with Crippen LogP contribution in [0.3, 0.4) is 0 Å². The number of hydrogen-bond donors (Lipinski definition) is 1. The second-order valence-corrected chi connectivity index (χ2v) is 6.89. The number of amides is 2. The van der Waals surface area contributed by atoms with Crippen LogP contribution in [0.25, 0.3) is 0 Å². The number of nitrogens with zero attached hydrogens (tertiary/aromatic N) is 1. The monoisotopic (exact) mass is 422 g/mol. The summed E-state index contributed by atoms with van der Waals surface area (Å²) in [6.45, 7) is 1.46. The fourth-order valence-corrected chi connectivity index (χ4v) is 3.12. The highest BCUT2D eigenvalue weighted by molar-refractivity contribution is 5.94. The fourth-order valence-electron chi connectivity index (χ4n) is 3.12. The molecule has 0 spiro atoms. The summed E-state index contributed by atoms with van der Waals surface area (Å²) in [5, 5.41) is 2.78. The van der Waals surface area contributed by atoms with Crippen LogP contribution in [0.2, 0.25) is 0 Å². The van der Waals surface area contributed by atoms with Crippen molar-refractivity contribution in [2.45, 2.75) is 19.2 Å². The van der Waals surface area contributed by atoms with Gasteiger partial charge in [0.2, 0.25) is 0 Å². The molecule has 0 saturated carbocycles. The first-order chi connectivity index (χ1) is 14.3. The van der Waals surface area contributed by atoms with Gasteiger partial charge in [-0.15, -0.1) is 13.2 Å². The Bertz CT molecular complexity index is 849. The van der Waals surface area contributed by atoms with Crippen LogP contribution < -0.4 is 14.8 Å². The molecule has 2 amide bonds. The molecule has 0 aromatic heterocycles. The number of carbonyl (C=O) groups excluding carboxylic acids is 2.